The van der Waals surface area contributed by atoms with Crippen molar-refractivity contribution in [1.29, 1.82) is 0 Å². The highest BCUT2D eigenvalue weighted by molar-refractivity contribution is 6.06. The summed E-state index contributed by atoms with van der Waals surface area (Å²) in [5.74, 6) is -0.220. The Bertz CT molecular complexity index is 532. The molecule has 0 aliphatic heterocycles. The minimum Gasteiger partial charge on any atom is -0.304 e. The lowest BCUT2D eigenvalue weighted by atomic mass is 10.1. The molecule has 1 heterocycles. The highest BCUT2D eigenvalue weighted by Gasteiger charge is 2.09. The van der Waals surface area contributed by atoms with E-state index in [2.05, 4.69) is 9.97 Å². The van der Waals surface area contributed by atoms with Crippen LogP contribution in [0, 0.1) is 0 Å². The molecule has 2 rings (SSSR count). The summed E-state index contributed by atoms with van der Waals surface area (Å²) in [6.07, 6.45) is 1.31. The Morgan fingerprint density at radius 2 is 1.87 bits per heavy atom. The van der Waals surface area contributed by atoms with Crippen molar-refractivity contribution in [1.82, 2.24) is 9.97 Å². The summed E-state index contributed by atoms with van der Waals surface area (Å²) in [5, 5.41) is 0. The van der Waals surface area contributed by atoms with Crippen LogP contribution in [0.5, 0.6) is 0 Å². The minimum atomic E-state index is -0.329. The normalized spacial score (nSPS) is 9.87. The summed E-state index contributed by atoms with van der Waals surface area (Å²) in [6.45, 7) is 0. The maximum atomic E-state index is 11.8. The molecule has 0 saturated carbocycles. The van der Waals surface area contributed by atoms with Gasteiger partial charge in [0, 0.05) is 17.8 Å². The molecule has 15 heavy (non-hydrogen) atoms. The molecule has 0 radical (unpaired) electrons. The smallest absolute Gasteiger partial charge is 0.251 e. The van der Waals surface area contributed by atoms with Gasteiger partial charge in [0.1, 0.15) is 0 Å². The van der Waals surface area contributed by atoms with Crippen LogP contribution >= 0.6 is 0 Å². The van der Waals surface area contributed by atoms with Crippen LogP contribution in [-0.4, -0.2) is 15.8 Å². The predicted octanol–water partition coefficient (Wildman–Crippen LogP) is 1.00. The Morgan fingerprint density at radius 3 is 2.53 bits per heavy atom. The van der Waals surface area contributed by atoms with Crippen molar-refractivity contribution >= 4 is 5.78 Å². The van der Waals surface area contributed by atoms with Gasteiger partial charge < -0.3 is 4.98 Å². The van der Waals surface area contributed by atoms with Crippen LogP contribution < -0.4 is 5.56 Å². The number of rotatable bonds is 2. The SMILES string of the molecule is O=C(c1ccccc1)c1nccc(=O)[nH]1. The number of carbonyl (C=O) groups excluding carboxylic acids is 1. The average molecular weight is 200 g/mol. The van der Waals surface area contributed by atoms with Gasteiger partial charge in [-0.05, 0) is 0 Å². The summed E-state index contributed by atoms with van der Waals surface area (Å²) in [6, 6.07) is 9.95. The predicted molar refractivity (Wildman–Crippen MR) is 54.7 cm³/mol. The fourth-order valence-electron chi connectivity index (χ4n) is 1.21. The lowest BCUT2D eigenvalue weighted by molar-refractivity contribution is 0.102. The number of H-pyrrole nitrogens is 1. The number of aromatic nitrogens is 2. The molecule has 1 aromatic heterocycles. The molecule has 0 aliphatic carbocycles. The molecular weight excluding hydrogens is 192 g/mol. The Kier molecular flexibility index (Phi) is 2.41. The van der Waals surface area contributed by atoms with Crippen molar-refractivity contribution in [2.24, 2.45) is 0 Å². The number of nitrogens with zero attached hydrogens (tertiary/aromatic N) is 1. The van der Waals surface area contributed by atoms with E-state index in [9.17, 15) is 9.59 Å². The molecule has 0 spiro atoms. The van der Waals surface area contributed by atoms with Crippen LogP contribution in [0.4, 0.5) is 0 Å². The molecule has 1 N–H and O–H groups in total. The third kappa shape index (κ3) is 1.99. The van der Waals surface area contributed by atoms with Gasteiger partial charge in [0.05, 0.1) is 0 Å². The molecule has 2 aromatic rings. The standard InChI is InChI=1S/C11H8N2O2/c14-9-6-7-12-11(13-9)10(15)8-4-2-1-3-5-8/h1-7H,(H,12,13,14). The van der Waals surface area contributed by atoms with Gasteiger partial charge in [-0.2, -0.15) is 0 Å². The van der Waals surface area contributed by atoms with Crippen molar-refractivity contribution in [3.8, 4) is 0 Å². The zero-order chi connectivity index (χ0) is 10.7. The topological polar surface area (TPSA) is 62.8 Å². The van der Waals surface area contributed by atoms with Crippen LogP contribution in [-0.2, 0) is 0 Å². The first kappa shape index (κ1) is 9.33. The van der Waals surface area contributed by atoms with Gasteiger partial charge >= 0.3 is 0 Å². The third-order valence-corrected chi connectivity index (χ3v) is 1.92. The quantitative estimate of drug-likeness (QED) is 0.735. The fourth-order valence-corrected chi connectivity index (χ4v) is 1.21. The van der Waals surface area contributed by atoms with E-state index in [-0.39, 0.29) is 17.2 Å². The highest BCUT2D eigenvalue weighted by atomic mass is 16.1. The van der Waals surface area contributed by atoms with E-state index in [0.717, 1.165) is 0 Å². The molecule has 4 nitrogen and oxygen atoms in total. The van der Waals surface area contributed by atoms with Crippen LogP contribution in [0.3, 0.4) is 0 Å². The number of hydrogen-bond donors (Lipinski definition) is 1. The lowest BCUT2D eigenvalue weighted by Crippen LogP contribution is -2.14. The zero-order valence-corrected chi connectivity index (χ0v) is 7.81. The maximum absolute atomic E-state index is 11.8. The molecule has 0 unspecified atom stereocenters. The van der Waals surface area contributed by atoms with Crippen LogP contribution in [0.15, 0.2) is 47.4 Å². The minimum absolute atomic E-state index is 0.0636. The summed E-state index contributed by atoms with van der Waals surface area (Å²) in [4.78, 5) is 28.9. The van der Waals surface area contributed by atoms with Gasteiger partial charge in [-0.3, -0.25) is 9.59 Å². The average Bonchev–Trinajstić information content (AvgIpc) is 2.29. The number of carbonyl (C=O) groups is 1. The van der Waals surface area contributed by atoms with E-state index in [4.69, 9.17) is 0 Å². The van der Waals surface area contributed by atoms with Gasteiger partial charge in [-0.25, -0.2) is 4.98 Å². The maximum Gasteiger partial charge on any atom is 0.251 e. The molecule has 0 amide bonds. The van der Waals surface area contributed by atoms with Gasteiger partial charge in [0.2, 0.25) is 5.78 Å². The largest absolute Gasteiger partial charge is 0.304 e. The van der Waals surface area contributed by atoms with Crippen LogP contribution in [0.25, 0.3) is 0 Å². The number of aromatic amines is 1. The van der Waals surface area contributed by atoms with Gasteiger partial charge in [-0.1, -0.05) is 30.3 Å². The molecule has 0 fully saturated rings. The second kappa shape index (κ2) is 3.88. The number of hydrogen-bond acceptors (Lipinski definition) is 3. The van der Waals surface area contributed by atoms with Crippen molar-refractivity contribution in [3.05, 3.63) is 64.3 Å². The van der Waals surface area contributed by atoms with Crippen LogP contribution in [0.1, 0.15) is 16.2 Å². The first-order valence-corrected chi connectivity index (χ1v) is 4.42. The van der Waals surface area contributed by atoms with Crippen LogP contribution in [0.2, 0.25) is 0 Å². The van der Waals surface area contributed by atoms with E-state index in [1.165, 1.54) is 12.3 Å². The Morgan fingerprint density at radius 1 is 1.13 bits per heavy atom. The van der Waals surface area contributed by atoms with Crippen molar-refractivity contribution < 1.29 is 4.79 Å². The van der Waals surface area contributed by atoms with E-state index in [1.54, 1.807) is 24.3 Å². The van der Waals surface area contributed by atoms with E-state index < -0.39 is 0 Å². The van der Waals surface area contributed by atoms with E-state index in [0.29, 0.717) is 5.56 Å². The molecular formula is C11H8N2O2. The number of nitrogens with one attached hydrogen (secondary N) is 1. The van der Waals surface area contributed by atoms with Gasteiger partial charge in [0.15, 0.2) is 5.82 Å². The molecule has 74 valence electrons. The molecule has 1 aromatic carbocycles. The van der Waals surface area contributed by atoms with E-state index >= 15 is 0 Å². The summed E-state index contributed by atoms with van der Waals surface area (Å²) in [7, 11) is 0. The monoisotopic (exact) mass is 200 g/mol. The molecule has 4 heteroatoms. The third-order valence-electron chi connectivity index (χ3n) is 1.92. The first-order valence-electron chi connectivity index (χ1n) is 4.42. The summed E-state index contributed by atoms with van der Waals surface area (Å²) >= 11 is 0. The second-order valence-corrected chi connectivity index (χ2v) is 2.98. The lowest BCUT2D eigenvalue weighted by Gasteiger charge is -1.98. The molecule has 0 bridgehead atoms. The van der Waals surface area contributed by atoms with Crippen molar-refractivity contribution in [3.63, 3.8) is 0 Å². The molecule has 0 atom stereocenters. The summed E-state index contributed by atoms with van der Waals surface area (Å²) in [5.41, 5.74) is 0.177. The van der Waals surface area contributed by atoms with Gasteiger partial charge in [0.25, 0.3) is 5.56 Å². The summed E-state index contributed by atoms with van der Waals surface area (Å²) < 4.78 is 0. The second-order valence-electron chi connectivity index (χ2n) is 2.98. The fraction of sp³-hybridized carbons (Fsp3) is 0. The zero-order valence-electron chi connectivity index (χ0n) is 7.81. The highest BCUT2D eigenvalue weighted by Crippen LogP contribution is 2.03. The number of benzene rings is 1. The molecule has 0 aliphatic rings. The Hall–Kier alpha value is -2.23. The molecule has 0 saturated heterocycles. The van der Waals surface area contributed by atoms with Crippen molar-refractivity contribution in [2.45, 2.75) is 0 Å². The van der Waals surface area contributed by atoms with Crippen molar-refractivity contribution in [2.75, 3.05) is 0 Å². The van der Waals surface area contributed by atoms with Gasteiger partial charge in [-0.15, -0.1) is 0 Å². The Labute approximate surface area is 85.6 Å². The number of ketones is 1. The van der Waals surface area contributed by atoms with E-state index in [1.807, 2.05) is 6.07 Å². The first-order chi connectivity index (χ1) is 7.27. The Balaban J connectivity index is 2.42.